The summed E-state index contributed by atoms with van der Waals surface area (Å²) in [5.41, 5.74) is 20.8. The number of carbonyl (C=O) groups is 2. The molecule has 0 fully saturated rings. The largest absolute Gasteiger partial charge is 0.370 e. The molecule has 0 spiro atoms. The quantitative estimate of drug-likeness (QED) is 0.0924. The van der Waals surface area contributed by atoms with Crippen LogP contribution in [0.2, 0.25) is 0 Å². The van der Waals surface area contributed by atoms with Gasteiger partial charge in [0, 0.05) is 39.0 Å². The van der Waals surface area contributed by atoms with Crippen molar-refractivity contribution in [2.24, 2.45) is 38.8 Å². The molecule has 0 radical (unpaired) electrons. The lowest BCUT2D eigenvalue weighted by Gasteiger charge is -2.11. The number of nitrogens with zero attached hydrogens (tertiary/aromatic N) is 2. The van der Waals surface area contributed by atoms with Gasteiger partial charge in [0.2, 0.25) is 11.8 Å². The first kappa shape index (κ1) is 33.7. The molecule has 1 unspecified atom stereocenters. The zero-order valence-electron chi connectivity index (χ0n) is 21.9. The van der Waals surface area contributed by atoms with Gasteiger partial charge in [-0.25, -0.2) is 0 Å². The van der Waals surface area contributed by atoms with E-state index in [4.69, 9.17) is 22.9 Å². The average Bonchev–Trinajstić information content (AvgIpc) is 2.77. The normalized spacial score (nSPS) is 10.9. The SMILES string of the molecule is CC(=O)NCCCCCCN=C(N)N.CCCCCC(C)C(=O)NCCCCCCN=C(N)N. The van der Waals surface area contributed by atoms with Crippen LogP contribution in [0.1, 0.15) is 97.8 Å². The minimum absolute atomic E-state index is 0.0329. The number of unbranched alkanes of at least 4 members (excludes halogenated alkanes) is 8. The zero-order valence-corrected chi connectivity index (χ0v) is 21.9. The Balaban J connectivity index is 0. The smallest absolute Gasteiger partial charge is 0.222 e. The molecule has 10 heteroatoms. The van der Waals surface area contributed by atoms with E-state index in [1.807, 2.05) is 6.92 Å². The molecular formula is C24H52N8O2. The van der Waals surface area contributed by atoms with Gasteiger partial charge < -0.3 is 33.6 Å². The summed E-state index contributed by atoms with van der Waals surface area (Å²) in [5, 5.41) is 5.76. The third kappa shape index (κ3) is 29.5. The van der Waals surface area contributed by atoms with Crippen LogP contribution in [-0.2, 0) is 9.59 Å². The molecule has 34 heavy (non-hydrogen) atoms. The minimum atomic E-state index is 0.0329. The van der Waals surface area contributed by atoms with Gasteiger partial charge in [-0.15, -0.1) is 0 Å². The van der Waals surface area contributed by atoms with E-state index < -0.39 is 0 Å². The van der Waals surface area contributed by atoms with E-state index in [9.17, 15) is 9.59 Å². The Hall–Kier alpha value is -2.52. The number of nitrogens with one attached hydrogen (secondary N) is 2. The maximum atomic E-state index is 11.8. The van der Waals surface area contributed by atoms with Crippen LogP contribution >= 0.6 is 0 Å². The van der Waals surface area contributed by atoms with E-state index in [1.165, 1.54) is 19.8 Å². The van der Waals surface area contributed by atoms with E-state index in [0.717, 1.165) is 77.3 Å². The molecule has 0 heterocycles. The molecule has 200 valence electrons. The van der Waals surface area contributed by atoms with Crippen LogP contribution in [0.4, 0.5) is 0 Å². The van der Waals surface area contributed by atoms with Crippen LogP contribution in [0, 0.1) is 5.92 Å². The second-order valence-corrected chi connectivity index (χ2v) is 8.61. The summed E-state index contributed by atoms with van der Waals surface area (Å²) in [4.78, 5) is 30.1. The molecule has 0 aromatic heterocycles. The summed E-state index contributed by atoms with van der Waals surface area (Å²) in [6, 6.07) is 0. The molecule has 0 aliphatic heterocycles. The van der Waals surface area contributed by atoms with Crippen molar-refractivity contribution in [1.82, 2.24) is 10.6 Å². The van der Waals surface area contributed by atoms with Crippen molar-refractivity contribution in [2.75, 3.05) is 26.2 Å². The highest BCUT2D eigenvalue weighted by atomic mass is 16.2. The van der Waals surface area contributed by atoms with Crippen molar-refractivity contribution in [3.8, 4) is 0 Å². The van der Waals surface area contributed by atoms with Crippen LogP contribution in [0.3, 0.4) is 0 Å². The monoisotopic (exact) mass is 484 g/mol. The number of aliphatic imine (C=N–C) groups is 2. The lowest BCUT2D eigenvalue weighted by Crippen LogP contribution is -2.30. The van der Waals surface area contributed by atoms with Crippen LogP contribution in [-0.4, -0.2) is 49.9 Å². The van der Waals surface area contributed by atoms with Gasteiger partial charge in [0.15, 0.2) is 11.9 Å². The van der Waals surface area contributed by atoms with Crippen molar-refractivity contribution in [2.45, 2.75) is 97.8 Å². The third-order valence-electron chi connectivity index (χ3n) is 5.12. The van der Waals surface area contributed by atoms with Gasteiger partial charge in [0.05, 0.1) is 0 Å². The van der Waals surface area contributed by atoms with Gasteiger partial charge in [0.1, 0.15) is 0 Å². The fraction of sp³-hybridized carbons (Fsp3) is 0.833. The lowest BCUT2D eigenvalue weighted by atomic mass is 10.0. The van der Waals surface area contributed by atoms with Crippen molar-refractivity contribution in [3.05, 3.63) is 0 Å². The summed E-state index contributed by atoms with van der Waals surface area (Å²) in [6.45, 7) is 8.65. The summed E-state index contributed by atoms with van der Waals surface area (Å²) >= 11 is 0. The predicted molar refractivity (Wildman–Crippen MR) is 143 cm³/mol. The molecule has 0 bridgehead atoms. The zero-order chi connectivity index (χ0) is 26.0. The standard InChI is InChI=1S/C15H32N4O.C9H20N4O/c1-3-4-7-10-13(2)14(20)18-11-8-5-6-9-12-19-15(16)17;1-8(14)12-6-4-2-3-5-7-13-9(10)11/h13H,3-12H2,1-2H3,(H,18,20)(H4,16,17,19);2-7H2,1H3,(H,12,14)(H4,10,11,13). The Bertz CT molecular complexity index is 559. The third-order valence-corrected chi connectivity index (χ3v) is 5.12. The topological polar surface area (TPSA) is 187 Å². The Kier molecular flexibility index (Phi) is 24.9. The highest BCUT2D eigenvalue weighted by molar-refractivity contribution is 5.78. The summed E-state index contributed by atoms with van der Waals surface area (Å²) in [6.07, 6.45) is 13.0. The maximum absolute atomic E-state index is 11.8. The van der Waals surface area contributed by atoms with Crippen LogP contribution in [0.25, 0.3) is 0 Å². The number of carbonyl (C=O) groups excluding carboxylic acids is 2. The van der Waals surface area contributed by atoms with Gasteiger partial charge in [-0.2, -0.15) is 0 Å². The Labute approximate surface area is 207 Å². The molecule has 0 saturated carbocycles. The number of guanidine groups is 2. The van der Waals surface area contributed by atoms with Crippen molar-refractivity contribution in [1.29, 1.82) is 0 Å². The van der Waals surface area contributed by atoms with Crippen LogP contribution in [0.15, 0.2) is 9.98 Å². The predicted octanol–water partition coefficient (Wildman–Crippen LogP) is 2.11. The molecule has 0 aromatic carbocycles. The van der Waals surface area contributed by atoms with Crippen LogP contribution in [0.5, 0.6) is 0 Å². The van der Waals surface area contributed by atoms with Gasteiger partial charge in [0.25, 0.3) is 0 Å². The van der Waals surface area contributed by atoms with E-state index in [0.29, 0.717) is 13.1 Å². The molecule has 0 aromatic rings. The van der Waals surface area contributed by atoms with Gasteiger partial charge in [-0.1, -0.05) is 58.8 Å². The molecule has 1 atom stereocenters. The number of hydrogen-bond acceptors (Lipinski definition) is 4. The molecule has 0 aliphatic rings. The molecule has 0 aliphatic carbocycles. The first-order valence-electron chi connectivity index (χ1n) is 12.8. The second kappa shape index (κ2) is 25.1. The van der Waals surface area contributed by atoms with Gasteiger partial charge in [-0.3, -0.25) is 19.6 Å². The highest BCUT2D eigenvalue weighted by Gasteiger charge is 2.11. The molecule has 2 amide bonds. The number of rotatable bonds is 19. The van der Waals surface area contributed by atoms with E-state index in [-0.39, 0.29) is 29.7 Å². The molecule has 10 N–H and O–H groups in total. The Morgan fingerprint density at radius 1 is 0.706 bits per heavy atom. The Morgan fingerprint density at radius 3 is 1.62 bits per heavy atom. The highest BCUT2D eigenvalue weighted by Crippen LogP contribution is 2.09. The maximum Gasteiger partial charge on any atom is 0.222 e. The number of nitrogens with two attached hydrogens (primary N) is 4. The number of hydrogen-bond donors (Lipinski definition) is 6. The van der Waals surface area contributed by atoms with E-state index in [1.54, 1.807) is 0 Å². The second-order valence-electron chi connectivity index (χ2n) is 8.61. The minimum Gasteiger partial charge on any atom is -0.370 e. The van der Waals surface area contributed by atoms with Crippen molar-refractivity contribution >= 4 is 23.7 Å². The average molecular weight is 485 g/mol. The first-order chi connectivity index (χ1) is 16.2. The van der Waals surface area contributed by atoms with Crippen molar-refractivity contribution < 1.29 is 9.59 Å². The fourth-order valence-electron chi connectivity index (χ4n) is 3.08. The number of amides is 2. The van der Waals surface area contributed by atoms with Crippen LogP contribution < -0.4 is 33.6 Å². The summed E-state index contributed by atoms with van der Waals surface area (Å²) < 4.78 is 0. The summed E-state index contributed by atoms with van der Waals surface area (Å²) in [7, 11) is 0. The first-order valence-corrected chi connectivity index (χ1v) is 12.8. The van der Waals surface area contributed by atoms with Gasteiger partial charge >= 0.3 is 0 Å². The lowest BCUT2D eigenvalue weighted by molar-refractivity contribution is -0.124. The molecule has 0 saturated heterocycles. The Morgan fingerprint density at radius 2 is 1.18 bits per heavy atom. The van der Waals surface area contributed by atoms with E-state index >= 15 is 0 Å². The molecule has 10 nitrogen and oxygen atoms in total. The fourth-order valence-corrected chi connectivity index (χ4v) is 3.08. The molecule has 0 rings (SSSR count). The van der Waals surface area contributed by atoms with Crippen molar-refractivity contribution in [3.63, 3.8) is 0 Å². The summed E-state index contributed by atoms with van der Waals surface area (Å²) in [5.74, 6) is 0.688. The van der Waals surface area contributed by atoms with Gasteiger partial charge in [-0.05, 0) is 32.1 Å². The van der Waals surface area contributed by atoms with E-state index in [2.05, 4.69) is 27.5 Å². The molecular weight excluding hydrogens is 432 g/mol.